The largest absolute Gasteiger partial charge is 0.496 e. The minimum Gasteiger partial charge on any atom is -0.496 e. The molecule has 0 spiro atoms. The van der Waals surface area contributed by atoms with Crippen LogP contribution in [0.25, 0.3) is 0 Å². The number of aryl methyl sites for hydroxylation is 1. The van der Waals surface area contributed by atoms with Gasteiger partial charge in [-0.1, -0.05) is 22.4 Å². The number of carbonyl (C=O) groups excluding carboxylic acids is 1. The number of urea groups is 1. The number of methoxy groups -OCH3 is 1. The molecule has 3 rings (SSSR count). The van der Waals surface area contributed by atoms with E-state index in [1.165, 1.54) is 11.1 Å². The van der Waals surface area contributed by atoms with Crippen LogP contribution >= 0.6 is 0 Å². The van der Waals surface area contributed by atoms with Gasteiger partial charge in [0.25, 0.3) is 0 Å². The van der Waals surface area contributed by atoms with E-state index in [0.29, 0.717) is 17.9 Å². The number of hydrogen-bond acceptors (Lipinski definition) is 5. The Bertz CT molecular complexity index is 714. The van der Waals surface area contributed by atoms with E-state index in [1.54, 1.807) is 14.0 Å². The van der Waals surface area contributed by atoms with Crippen LogP contribution in [-0.4, -0.2) is 29.5 Å². The van der Waals surface area contributed by atoms with Crippen LogP contribution in [0, 0.1) is 6.92 Å². The first-order chi connectivity index (χ1) is 11.7. The average molecular weight is 330 g/mol. The van der Waals surface area contributed by atoms with E-state index < -0.39 is 0 Å². The van der Waals surface area contributed by atoms with Gasteiger partial charge in [-0.2, -0.15) is 0 Å². The molecule has 0 fully saturated rings. The Morgan fingerprint density at radius 2 is 2.29 bits per heavy atom. The van der Waals surface area contributed by atoms with Crippen LogP contribution < -0.4 is 15.4 Å². The monoisotopic (exact) mass is 330 g/mol. The molecule has 0 saturated carbocycles. The molecule has 1 aliphatic rings. The van der Waals surface area contributed by atoms with E-state index in [4.69, 9.17) is 4.74 Å². The number of hydrogen-bond donors (Lipinski definition) is 2. The predicted octanol–water partition coefficient (Wildman–Crippen LogP) is 2.13. The fourth-order valence-electron chi connectivity index (χ4n) is 3.10. The predicted molar refractivity (Wildman–Crippen MR) is 87.8 cm³/mol. The Labute approximate surface area is 140 Å². The highest BCUT2D eigenvalue weighted by atomic mass is 16.6. The molecule has 7 heteroatoms. The lowest BCUT2D eigenvalue weighted by Crippen LogP contribution is -2.42. The van der Waals surface area contributed by atoms with E-state index in [0.717, 1.165) is 31.4 Å². The van der Waals surface area contributed by atoms with E-state index in [1.807, 2.05) is 12.1 Å². The van der Waals surface area contributed by atoms with Gasteiger partial charge in [0.15, 0.2) is 0 Å². The first-order valence-corrected chi connectivity index (χ1v) is 8.14. The molecule has 128 valence electrons. The van der Waals surface area contributed by atoms with Crippen molar-refractivity contribution >= 4 is 6.03 Å². The molecular formula is C17H22N4O3. The number of nitrogens with one attached hydrogen (secondary N) is 2. The summed E-state index contributed by atoms with van der Waals surface area (Å²) in [4.78, 5) is 12.1. The molecule has 0 aliphatic heterocycles. The van der Waals surface area contributed by atoms with Crippen molar-refractivity contribution in [2.45, 2.75) is 45.2 Å². The van der Waals surface area contributed by atoms with Crippen LogP contribution in [0.2, 0.25) is 0 Å². The van der Waals surface area contributed by atoms with Gasteiger partial charge in [-0.15, -0.1) is 0 Å². The second-order valence-electron chi connectivity index (χ2n) is 6.01. The van der Waals surface area contributed by atoms with Crippen molar-refractivity contribution in [3.8, 4) is 5.75 Å². The van der Waals surface area contributed by atoms with Gasteiger partial charge < -0.3 is 15.4 Å². The van der Waals surface area contributed by atoms with Crippen molar-refractivity contribution < 1.29 is 14.2 Å². The minimum atomic E-state index is -0.200. The van der Waals surface area contributed by atoms with E-state index in [-0.39, 0.29) is 12.1 Å². The Balaban J connectivity index is 1.59. The number of carbonyl (C=O) groups is 1. The number of ether oxygens (including phenoxy) is 1. The molecule has 1 heterocycles. The number of benzene rings is 1. The maximum atomic E-state index is 12.1. The summed E-state index contributed by atoms with van der Waals surface area (Å²) in [6, 6.07) is 6.01. The van der Waals surface area contributed by atoms with Crippen molar-refractivity contribution in [1.82, 2.24) is 20.9 Å². The maximum absolute atomic E-state index is 12.1. The van der Waals surface area contributed by atoms with Gasteiger partial charge in [0, 0.05) is 6.04 Å². The van der Waals surface area contributed by atoms with Crippen molar-refractivity contribution in [3.63, 3.8) is 0 Å². The van der Waals surface area contributed by atoms with Crippen molar-refractivity contribution in [3.05, 3.63) is 40.7 Å². The van der Waals surface area contributed by atoms with Crippen LogP contribution in [0.4, 0.5) is 4.79 Å². The van der Waals surface area contributed by atoms with Crippen molar-refractivity contribution in [2.24, 2.45) is 0 Å². The zero-order chi connectivity index (χ0) is 16.9. The summed E-state index contributed by atoms with van der Waals surface area (Å²) in [5, 5.41) is 13.3. The maximum Gasteiger partial charge on any atom is 0.315 e. The minimum absolute atomic E-state index is 0.106. The third kappa shape index (κ3) is 3.67. The molecule has 1 aromatic carbocycles. The molecule has 2 N–H and O–H groups in total. The fraction of sp³-hybridized carbons (Fsp3) is 0.471. The van der Waals surface area contributed by atoms with Crippen LogP contribution in [-0.2, 0) is 19.4 Å². The molecule has 1 aliphatic carbocycles. The standard InChI is InChI=1S/C17H22N4O3/c1-11-15(21-24-20-11)10-18-17(22)19-13-6-4-7-14-12(9-13)5-3-8-16(14)23-2/h3,5,8,13H,4,6-7,9-10H2,1-2H3,(H2,18,19,22). The SMILES string of the molecule is COc1cccc2c1CCCC(NC(=O)NCc1nonc1C)C2. The Morgan fingerprint density at radius 3 is 3.04 bits per heavy atom. The number of fused-ring (bicyclic) bond motifs is 1. The van der Waals surface area contributed by atoms with Gasteiger partial charge in [-0.3, -0.25) is 0 Å². The Morgan fingerprint density at radius 1 is 1.42 bits per heavy atom. The third-order valence-corrected chi connectivity index (χ3v) is 4.39. The molecule has 7 nitrogen and oxygen atoms in total. The molecule has 2 aromatic rings. The molecule has 2 amide bonds. The van der Waals surface area contributed by atoms with E-state index in [9.17, 15) is 4.79 Å². The fourth-order valence-corrected chi connectivity index (χ4v) is 3.10. The topological polar surface area (TPSA) is 89.3 Å². The molecule has 1 atom stereocenters. The Kier molecular flexibility index (Phi) is 4.98. The lowest BCUT2D eigenvalue weighted by atomic mass is 10.0. The smallest absolute Gasteiger partial charge is 0.315 e. The summed E-state index contributed by atoms with van der Waals surface area (Å²) in [5.41, 5.74) is 3.83. The van der Waals surface area contributed by atoms with Crippen LogP contribution in [0.5, 0.6) is 5.75 Å². The molecule has 1 unspecified atom stereocenters. The number of nitrogens with zero attached hydrogens (tertiary/aromatic N) is 2. The van der Waals surface area contributed by atoms with Crippen LogP contribution in [0.15, 0.2) is 22.8 Å². The summed E-state index contributed by atoms with van der Waals surface area (Å²) >= 11 is 0. The van der Waals surface area contributed by atoms with Gasteiger partial charge in [0.05, 0.1) is 13.7 Å². The molecule has 0 saturated heterocycles. The van der Waals surface area contributed by atoms with E-state index >= 15 is 0 Å². The zero-order valence-electron chi connectivity index (χ0n) is 14.0. The quantitative estimate of drug-likeness (QED) is 0.838. The summed E-state index contributed by atoms with van der Waals surface area (Å²) in [6.45, 7) is 2.10. The summed E-state index contributed by atoms with van der Waals surface area (Å²) in [5.74, 6) is 0.937. The first kappa shape index (κ1) is 16.3. The zero-order valence-corrected chi connectivity index (χ0v) is 14.0. The molecule has 1 aromatic heterocycles. The third-order valence-electron chi connectivity index (χ3n) is 4.39. The van der Waals surface area contributed by atoms with E-state index in [2.05, 4.69) is 31.6 Å². The molecule has 0 bridgehead atoms. The molecule has 0 radical (unpaired) electrons. The number of rotatable bonds is 4. The van der Waals surface area contributed by atoms with Gasteiger partial charge in [-0.25, -0.2) is 9.42 Å². The molecule has 24 heavy (non-hydrogen) atoms. The van der Waals surface area contributed by atoms with Crippen molar-refractivity contribution in [1.29, 1.82) is 0 Å². The highest BCUT2D eigenvalue weighted by Crippen LogP contribution is 2.28. The second-order valence-corrected chi connectivity index (χ2v) is 6.01. The van der Waals surface area contributed by atoms with Gasteiger partial charge in [0.2, 0.25) is 0 Å². The van der Waals surface area contributed by atoms with Gasteiger partial charge in [0.1, 0.15) is 17.1 Å². The van der Waals surface area contributed by atoms with Crippen molar-refractivity contribution in [2.75, 3.05) is 7.11 Å². The van der Waals surface area contributed by atoms with Gasteiger partial charge >= 0.3 is 6.03 Å². The second kappa shape index (κ2) is 7.33. The van der Waals surface area contributed by atoms with Crippen LogP contribution in [0.1, 0.15) is 35.4 Å². The summed E-state index contributed by atoms with van der Waals surface area (Å²) in [7, 11) is 1.70. The molecular weight excluding hydrogens is 308 g/mol. The van der Waals surface area contributed by atoms with Gasteiger partial charge in [-0.05, 0) is 49.8 Å². The first-order valence-electron chi connectivity index (χ1n) is 8.14. The lowest BCUT2D eigenvalue weighted by Gasteiger charge is -2.17. The normalized spacial score (nSPS) is 16.8. The highest BCUT2D eigenvalue weighted by molar-refractivity contribution is 5.74. The lowest BCUT2D eigenvalue weighted by molar-refractivity contribution is 0.235. The Hall–Kier alpha value is -2.57. The number of amides is 2. The number of aromatic nitrogens is 2. The highest BCUT2D eigenvalue weighted by Gasteiger charge is 2.20. The summed E-state index contributed by atoms with van der Waals surface area (Å²) < 4.78 is 10.1. The van der Waals surface area contributed by atoms with Crippen LogP contribution in [0.3, 0.4) is 0 Å². The average Bonchev–Trinajstić information content (AvgIpc) is 2.87. The summed E-state index contributed by atoms with van der Waals surface area (Å²) in [6.07, 6.45) is 3.74.